The van der Waals surface area contributed by atoms with Gasteiger partial charge < -0.3 is 10.2 Å². The molecule has 152 valence electrons. The zero-order valence-electron chi connectivity index (χ0n) is 15.7. The first-order valence-electron chi connectivity index (χ1n) is 8.78. The van der Waals surface area contributed by atoms with Crippen LogP contribution in [0.15, 0.2) is 41.4 Å². The van der Waals surface area contributed by atoms with E-state index in [1.807, 2.05) is 6.92 Å². The molecule has 8 nitrogen and oxygen atoms in total. The van der Waals surface area contributed by atoms with E-state index in [1.165, 1.54) is 17.3 Å². The number of benzene rings is 1. The van der Waals surface area contributed by atoms with E-state index in [0.29, 0.717) is 25.1 Å². The molecule has 0 spiro atoms. The molecule has 0 saturated carbocycles. The van der Waals surface area contributed by atoms with Gasteiger partial charge >= 0.3 is 0 Å². The third-order valence-corrected chi connectivity index (χ3v) is 4.60. The number of anilines is 1. The Morgan fingerprint density at radius 2 is 1.90 bits per heavy atom. The zero-order valence-corrected chi connectivity index (χ0v) is 17.3. The Hall–Kier alpha value is -2.95. The normalized spacial score (nSPS) is 11.9. The van der Waals surface area contributed by atoms with Crippen molar-refractivity contribution >= 4 is 27.8 Å². The van der Waals surface area contributed by atoms with Crippen LogP contribution in [0.2, 0.25) is 0 Å². The van der Waals surface area contributed by atoms with Crippen LogP contribution in [-0.4, -0.2) is 54.9 Å². The van der Waals surface area contributed by atoms with E-state index in [0.717, 1.165) is 15.3 Å². The zero-order chi connectivity index (χ0) is 21.0. The van der Waals surface area contributed by atoms with Gasteiger partial charge in [-0.2, -0.15) is 10.2 Å². The summed E-state index contributed by atoms with van der Waals surface area (Å²) in [6.07, 6.45) is 5.89. The molecule has 1 atom stereocenters. The molecule has 0 aliphatic rings. The summed E-state index contributed by atoms with van der Waals surface area (Å²) in [5.74, 6) is -1.91. The van der Waals surface area contributed by atoms with Gasteiger partial charge in [0.15, 0.2) is 5.82 Å². The standard InChI is InChI=1S/C18H18BrF2N7O/c1-3-27(11(2)8-22-18-23-9-12(19)10-24-18)17(29)14-6-13(20)7-15(21)16(14)28-25-4-5-26-28/h4-7,9-11H,3,8H2,1-2H3,(H,22,23,24)/t11-/m0/s1. The SMILES string of the molecule is CCN(C(=O)c1cc(F)cc(F)c1-n1nccn1)[C@@H](C)CNc1ncc(Br)cn1. The summed E-state index contributed by atoms with van der Waals surface area (Å²) in [7, 11) is 0. The smallest absolute Gasteiger partial charge is 0.256 e. The molecule has 1 N–H and O–H groups in total. The number of carbonyl (C=O) groups excluding carboxylic acids is 1. The van der Waals surface area contributed by atoms with Crippen LogP contribution in [0.1, 0.15) is 24.2 Å². The molecule has 3 aromatic rings. The van der Waals surface area contributed by atoms with Gasteiger partial charge in [-0.15, -0.1) is 4.80 Å². The van der Waals surface area contributed by atoms with Crippen molar-refractivity contribution in [1.29, 1.82) is 0 Å². The Kier molecular flexibility index (Phi) is 6.47. The fourth-order valence-electron chi connectivity index (χ4n) is 2.83. The van der Waals surface area contributed by atoms with Crippen molar-refractivity contribution in [3.8, 4) is 5.69 Å². The number of rotatable bonds is 7. The van der Waals surface area contributed by atoms with Crippen LogP contribution in [0.25, 0.3) is 5.69 Å². The second kappa shape index (κ2) is 9.03. The van der Waals surface area contributed by atoms with Crippen LogP contribution in [0, 0.1) is 11.6 Å². The highest BCUT2D eigenvalue weighted by Gasteiger charge is 2.26. The maximum Gasteiger partial charge on any atom is 0.256 e. The number of amides is 1. The number of hydrogen-bond acceptors (Lipinski definition) is 6. The van der Waals surface area contributed by atoms with Crippen molar-refractivity contribution in [2.45, 2.75) is 19.9 Å². The summed E-state index contributed by atoms with van der Waals surface area (Å²) in [4.78, 5) is 23.8. The fraction of sp³-hybridized carbons (Fsp3) is 0.278. The topological polar surface area (TPSA) is 88.8 Å². The number of hydrogen-bond donors (Lipinski definition) is 1. The van der Waals surface area contributed by atoms with E-state index in [-0.39, 0.29) is 17.3 Å². The fourth-order valence-corrected chi connectivity index (χ4v) is 3.03. The number of nitrogens with one attached hydrogen (secondary N) is 1. The molecule has 2 heterocycles. The van der Waals surface area contributed by atoms with Crippen LogP contribution >= 0.6 is 15.9 Å². The number of halogens is 3. The van der Waals surface area contributed by atoms with E-state index in [4.69, 9.17) is 0 Å². The Morgan fingerprint density at radius 3 is 2.52 bits per heavy atom. The molecule has 0 unspecified atom stereocenters. The number of nitrogens with zero attached hydrogens (tertiary/aromatic N) is 6. The molecule has 29 heavy (non-hydrogen) atoms. The Labute approximate surface area is 174 Å². The summed E-state index contributed by atoms with van der Waals surface area (Å²) >= 11 is 3.26. The lowest BCUT2D eigenvalue weighted by Gasteiger charge is -2.29. The van der Waals surface area contributed by atoms with Crippen LogP contribution in [0.3, 0.4) is 0 Å². The lowest BCUT2D eigenvalue weighted by Crippen LogP contribution is -2.42. The van der Waals surface area contributed by atoms with Crippen molar-refractivity contribution < 1.29 is 13.6 Å². The maximum absolute atomic E-state index is 14.5. The quantitative estimate of drug-likeness (QED) is 0.576. The molecule has 1 aromatic carbocycles. The number of likely N-dealkylation sites (N-methyl/N-ethyl adjacent to an activating group) is 1. The van der Waals surface area contributed by atoms with Crippen LogP contribution in [0.5, 0.6) is 0 Å². The minimum Gasteiger partial charge on any atom is -0.352 e. The van der Waals surface area contributed by atoms with Gasteiger partial charge in [0, 0.05) is 37.6 Å². The Bertz CT molecular complexity index is 983. The lowest BCUT2D eigenvalue weighted by molar-refractivity contribution is 0.0710. The average molecular weight is 466 g/mol. The maximum atomic E-state index is 14.5. The first-order chi connectivity index (χ1) is 13.9. The highest BCUT2D eigenvalue weighted by Crippen LogP contribution is 2.22. The second-order valence-corrected chi connectivity index (χ2v) is 7.06. The second-order valence-electron chi connectivity index (χ2n) is 6.15. The van der Waals surface area contributed by atoms with Crippen LogP contribution in [0.4, 0.5) is 14.7 Å². The minimum absolute atomic E-state index is 0.160. The molecular weight excluding hydrogens is 448 g/mol. The van der Waals surface area contributed by atoms with Crippen molar-refractivity contribution in [3.63, 3.8) is 0 Å². The molecule has 0 radical (unpaired) electrons. The summed E-state index contributed by atoms with van der Waals surface area (Å²) < 4.78 is 29.1. The monoisotopic (exact) mass is 465 g/mol. The lowest BCUT2D eigenvalue weighted by atomic mass is 10.1. The molecule has 11 heteroatoms. The summed E-state index contributed by atoms with van der Waals surface area (Å²) in [5.41, 5.74) is -0.358. The molecular formula is C18H18BrF2N7O. The van der Waals surface area contributed by atoms with Gasteiger partial charge in [-0.3, -0.25) is 4.79 Å². The first kappa shape index (κ1) is 20.8. The molecule has 2 aromatic heterocycles. The summed E-state index contributed by atoms with van der Waals surface area (Å²) in [5, 5.41) is 10.8. The third kappa shape index (κ3) is 4.73. The van der Waals surface area contributed by atoms with Gasteiger partial charge in [-0.25, -0.2) is 18.7 Å². The van der Waals surface area contributed by atoms with E-state index in [1.54, 1.807) is 19.3 Å². The van der Waals surface area contributed by atoms with Gasteiger partial charge in [0.25, 0.3) is 5.91 Å². The third-order valence-electron chi connectivity index (χ3n) is 4.19. The molecule has 0 aliphatic carbocycles. The van der Waals surface area contributed by atoms with Gasteiger partial charge in [-0.05, 0) is 35.8 Å². The largest absolute Gasteiger partial charge is 0.352 e. The Balaban J connectivity index is 1.84. The summed E-state index contributed by atoms with van der Waals surface area (Å²) in [6, 6.07) is 1.37. The molecule has 0 bridgehead atoms. The van der Waals surface area contributed by atoms with Crippen molar-refractivity contribution in [1.82, 2.24) is 29.9 Å². The van der Waals surface area contributed by atoms with Gasteiger partial charge in [0.1, 0.15) is 11.5 Å². The van der Waals surface area contributed by atoms with E-state index in [2.05, 4.69) is 41.4 Å². The van der Waals surface area contributed by atoms with Crippen LogP contribution < -0.4 is 5.32 Å². The number of aromatic nitrogens is 5. The van der Waals surface area contributed by atoms with Crippen molar-refractivity contribution in [3.05, 3.63) is 58.6 Å². The average Bonchev–Trinajstić information content (AvgIpc) is 3.21. The molecule has 0 aliphatic heterocycles. The molecule has 3 rings (SSSR count). The van der Waals surface area contributed by atoms with Crippen molar-refractivity contribution in [2.24, 2.45) is 0 Å². The summed E-state index contributed by atoms with van der Waals surface area (Å²) in [6.45, 7) is 4.27. The van der Waals surface area contributed by atoms with E-state index in [9.17, 15) is 13.6 Å². The molecule has 0 saturated heterocycles. The van der Waals surface area contributed by atoms with Crippen molar-refractivity contribution in [2.75, 3.05) is 18.4 Å². The first-order valence-corrected chi connectivity index (χ1v) is 9.58. The van der Waals surface area contributed by atoms with E-state index < -0.39 is 17.5 Å². The number of carbonyl (C=O) groups is 1. The van der Waals surface area contributed by atoms with Gasteiger partial charge in [0.2, 0.25) is 5.95 Å². The van der Waals surface area contributed by atoms with E-state index >= 15 is 0 Å². The highest BCUT2D eigenvalue weighted by atomic mass is 79.9. The molecule has 0 fully saturated rings. The molecule has 1 amide bonds. The minimum atomic E-state index is -0.922. The van der Waals surface area contributed by atoms with Crippen LogP contribution in [-0.2, 0) is 0 Å². The predicted octanol–water partition coefficient (Wildman–Crippen LogP) is 3.06. The Morgan fingerprint density at radius 1 is 1.24 bits per heavy atom. The highest BCUT2D eigenvalue weighted by molar-refractivity contribution is 9.10. The van der Waals surface area contributed by atoms with Gasteiger partial charge in [-0.1, -0.05) is 0 Å². The van der Waals surface area contributed by atoms with Gasteiger partial charge in [0.05, 0.1) is 22.4 Å². The predicted molar refractivity (Wildman–Crippen MR) is 106 cm³/mol.